The number of halogens is 1. The van der Waals surface area contributed by atoms with Gasteiger partial charge in [0.15, 0.2) is 5.78 Å². The predicted molar refractivity (Wildman–Crippen MR) is 99.7 cm³/mol. The van der Waals surface area contributed by atoms with Crippen molar-refractivity contribution in [2.45, 2.75) is 33.7 Å². The monoisotopic (exact) mass is 378 g/mol. The van der Waals surface area contributed by atoms with E-state index in [0.29, 0.717) is 5.03 Å². The van der Waals surface area contributed by atoms with Crippen LogP contribution in [-0.2, 0) is 14.4 Å². The van der Waals surface area contributed by atoms with E-state index in [2.05, 4.69) is 5.32 Å². The van der Waals surface area contributed by atoms with E-state index < -0.39 is 5.41 Å². The summed E-state index contributed by atoms with van der Waals surface area (Å²) >= 11 is 1.26. The molecule has 5 nitrogen and oxygen atoms in total. The van der Waals surface area contributed by atoms with Crippen LogP contribution in [0, 0.1) is 11.2 Å². The van der Waals surface area contributed by atoms with Crippen molar-refractivity contribution in [3.8, 4) is 0 Å². The van der Waals surface area contributed by atoms with Crippen LogP contribution in [0.3, 0.4) is 0 Å². The van der Waals surface area contributed by atoms with Crippen molar-refractivity contribution in [2.75, 3.05) is 12.3 Å². The summed E-state index contributed by atoms with van der Waals surface area (Å²) in [4.78, 5) is 37.9. The summed E-state index contributed by atoms with van der Waals surface area (Å²) in [5.74, 6) is -0.770. The van der Waals surface area contributed by atoms with Crippen molar-refractivity contribution in [3.63, 3.8) is 0 Å². The number of thioether (sulfide) groups is 1. The fourth-order valence-corrected chi connectivity index (χ4v) is 3.23. The van der Waals surface area contributed by atoms with Crippen molar-refractivity contribution in [1.82, 2.24) is 10.2 Å². The minimum absolute atomic E-state index is 0.0974. The SMILES string of the molecule is CC(NC(=O)CN1C(=O)CS/C1=C\C(=O)C(C)(C)C)c1ccc(F)cc1. The lowest BCUT2D eigenvalue weighted by atomic mass is 9.91. The van der Waals surface area contributed by atoms with Crippen LogP contribution in [0.2, 0.25) is 0 Å². The van der Waals surface area contributed by atoms with Gasteiger partial charge in [0, 0.05) is 11.5 Å². The molecule has 0 spiro atoms. The lowest BCUT2D eigenvalue weighted by Gasteiger charge is -2.20. The quantitative estimate of drug-likeness (QED) is 0.800. The molecule has 1 atom stereocenters. The Hall–Kier alpha value is -2.15. The van der Waals surface area contributed by atoms with Crippen LogP contribution in [0.1, 0.15) is 39.3 Å². The maximum absolute atomic E-state index is 13.0. The summed E-state index contributed by atoms with van der Waals surface area (Å²) in [5, 5.41) is 3.29. The molecule has 1 aromatic carbocycles. The van der Waals surface area contributed by atoms with E-state index in [0.717, 1.165) is 5.56 Å². The molecular formula is C19H23FN2O3S. The lowest BCUT2D eigenvalue weighted by Crippen LogP contribution is -2.38. The first-order valence-electron chi connectivity index (χ1n) is 8.32. The number of ketones is 1. The fourth-order valence-electron chi connectivity index (χ4n) is 2.29. The van der Waals surface area contributed by atoms with Crippen LogP contribution in [0.15, 0.2) is 35.4 Å². The molecule has 1 fully saturated rings. The van der Waals surface area contributed by atoms with Gasteiger partial charge in [-0.1, -0.05) is 44.7 Å². The third kappa shape index (κ3) is 5.17. The number of hydrogen-bond donors (Lipinski definition) is 1. The molecule has 2 amide bonds. The predicted octanol–water partition coefficient (Wildman–Crippen LogP) is 3.03. The van der Waals surface area contributed by atoms with Gasteiger partial charge in [-0.15, -0.1) is 0 Å². The highest BCUT2D eigenvalue weighted by Crippen LogP contribution is 2.30. The summed E-state index contributed by atoms with van der Waals surface area (Å²) in [7, 11) is 0. The number of amides is 2. The van der Waals surface area contributed by atoms with E-state index in [1.54, 1.807) is 39.8 Å². The van der Waals surface area contributed by atoms with Crippen LogP contribution in [0.25, 0.3) is 0 Å². The summed E-state index contributed by atoms with van der Waals surface area (Å²) in [6, 6.07) is 5.54. The Morgan fingerprint density at radius 3 is 2.50 bits per heavy atom. The molecule has 7 heteroatoms. The second-order valence-corrected chi connectivity index (χ2v) is 8.20. The second-order valence-electron chi connectivity index (χ2n) is 7.21. The van der Waals surface area contributed by atoms with E-state index in [9.17, 15) is 18.8 Å². The smallest absolute Gasteiger partial charge is 0.240 e. The first-order valence-corrected chi connectivity index (χ1v) is 9.30. The first-order chi connectivity index (χ1) is 12.1. The molecule has 1 heterocycles. The Morgan fingerprint density at radius 1 is 1.31 bits per heavy atom. The zero-order valence-corrected chi connectivity index (χ0v) is 16.2. The number of allylic oxidation sites excluding steroid dienone is 1. The van der Waals surface area contributed by atoms with Gasteiger partial charge in [0.2, 0.25) is 11.8 Å². The number of nitrogens with zero attached hydrogens (tertiary/aromatic N) is 1. The lowest BCUT2D eigenvalue weighted by molar-refractivity contribution is -0.131. The van der Waals surface area contributed by atoms with Crippen LogP contribution in [0.4, 0.5) is 4.39 Å². The highest BCUT2D eigenvalue weighted by atomic mass is 32.2. The van der Waals surface area contributed by atoms with E-state index in [-0.39, 0.29) is 41.8 Å². The third-order valence-corrected chi connectivity index (χ3v) is 4.98. The van der Waals surface area contributed by atoms with Gasteiger partial charge in [-0.25, -0.2) is 4.39 Å². The molecular weight excluding hydrogens is 355 g/mol. The topological polar surface area (TPSA) is 66.5 Å². The van der Waals surface area contributed by atoms with Gasteiger partial charge in [-0.3, -0.25) is 19.3 Å². The third-order valence-electron chi connectivity index (χ3n) is 3.95. The number of hydrogen-bond acceptors (Lipinski definition) is 4. The molecule has 1 aromatic rings. The Bertz CT molecular complexity index is 738. The first kappa shape index (κ1) is 20.2. The molecule has 0 bridgehead atoms. The van der Waals surface area contributed by atoms with Gasteiger partial charge in [-0.2, -0.15) is 0 Å². The molecule has 1 aliphatic rings. The summed E-state index contributed by atoms with van der Waals surface area (Å²) in [6.45, 7) is 7.03. The van der Waals surface area contributed by atoms with Crippen molar-refractivity contribution < 1.29 is 18.8 Å². The average Bonchev–Trinajstić information content (AvgIpc) is 2.87. The van der Waals surface area contributed by atoms with Crippen LogP contribution in [-0.4, -0.2) is 34.8 Å². The fraction of sp³-hybridized carbons (Fsp3) is 0.421. The Balaban J connectivity index is 2.03. The summed E-state index contributed by atoms with van der Waals surface area (Å²) in [5.41, 5.74) is 0.213. The molecule has 0 aromatic heterocycles. The molecule has 140 valence electrons. The maximum Gasteiger partial charge on any atom is 0.240 e. The number of carbonyl (C=O) groups is 3. The van der Waals surface area contributed by atoms with Crippen LogP contribution < -0.4 is 5.32 Å². The Morgan fingerprint density at radius 2 is 1.92 bits per heavy atom. The zero-order valence-electron chi connectivity index (χ0n) is 15.3. The number of carbonyl (C=O) groups excluding carboxylic acids is 3. The molecule has 1 saturated heterocycles. The largest absolute Gasteiger partial charge is 0.348 e. The molecule has 2 rings (SSSR count). The molecule has 1 N–H and O–H groups in total. The molecule has 0 radical (unpaired) electrons. The molecule has 0 saturated carbocycles. The zero-order chi connectivity index (χ0) is 19.5. The second kappa shape index (κ2) is 8.03. The van der Waals surface area contributed by atoms with Crippen molar-refractivity contribution in [1.29, 1.82) is 0 Å². The van der Waals surface area contributed by atoms with Gasteiger partial charge < -0.3 is 5.32 Å². The molecule has 1 unspecified atom stereocenters. The highest BCUT2D eigenvalue weighted by molar-refractivity contribution is 8.04. The standard InChI is InChI=1S/C19H23FN2O3S/c1-12(13-5-7-14(20)8-6-13)21-16(24)10-22-17(25)11-26-18(22)9-15(23)19(2,3)4/h5-9,12H,10-11H2,1-4H3,(H,21,24)/b18-9-. The summed E-state index contributed by atoms with van der Waals surface area (Å²) < 4.78 is 13.0. The Labute approximate surface area is 157 Å². The van der Waals surface area contributed by atoms with E-state index in [4.69, 9.17) is 0 Å². The van der Waals surface area contributed by atoms with E-state index in [1.807, 2.05) is 0 Å². The minimum Gasteiger partial charge on any atom is -0.348 e. The van der Waals surface area contributed by atoms with E-state index >= 15 is 0 Å². The maximum atomic E-state index is 13.0. The Kier molecular flexibility index (Phi) is 6.23. The summed E-state index contributed by atoms with van der Waals surface area (Å²) in [6.07, 6.45) is 1.44. The van der Waals surface area contributed by atoms with Crippen molar-refractivity contribution in [2.24, 2.45) is 5.41 Å². The number of benzene rings is 1. The molecule has 1 aliphatic heterocycles. The normalized spacial score (nSPS) is 17.5. The molecule has 26 heavy (non-hydrogen) atoms. The minimum atomic E-state index is -0.551. The van der Waals surface area contributed by atoms with Gasteiger partial charge in [-0.05, 0) is 24.6 Å². The average molecular weight is 378 g/mol. The number of rotatable bonds is 5. The van der Waals surface area contributed by atoms with Crippen LogP contribution >= 0.6 is 11.8 Å². The van der Waals surface area contributed by atoms with Crippen molar-refractivity contribution in [3.05, 3.63) is 46.8 Å². The van der Waals surface area contributed by atoms with Crippen molar-refractivity contribution >= 4 is 29.4 Å². The van der Waals surface area contributed by atoms with Crippen LogP contribution in [0.5, 0.6) is 0 Å². The van der Waals surface area contributed by atoms with Gasteiger partial charge >= 0.3 is 0 Å². The highest BCUT2D eigenvalue weighted by Gasteiger charge is 2.31. The molecule has 0 aliphatic carbocycles. The van der Waals surface area contributed by atoms with Gasteiger partial charge in [0.05, 0.1) is 16.8 Å². The number of nitrogens with one attached hydrogen (secondary N) is 1. The van der Waals surface area contributed by atoms with Gasteiger partial charge in [0.25, 0.3) is 0 Å². The van der Waals surface area contributed by atoms with Gasteiger partial charge in [0.1, 0.15) is 12.4 Å². The van der Waals surface area contributed by atoms with E-state index in [1.165, 1.54) is 34.9 Å².